The zero-order valence-electron chi connectivity index (χ0n) is 13.2. The van der Waals surface area contributed by atoms with E-state index in [9.17, 15) is 18.0 Å². The lowest BCUT2D eigenvalue weighted by Gasteiger charge is -2.13. The van der Waals surface area contributed by atoms with Crippen LogP contribution in [0.25, 0.3) is 5.69 Å². The van der Waals surface area contributed by atoms with Gasteiger partial charge in [0, 0.05) is 6.20 Å². The molecule has 0 atom stereocenters. The van der Waals surface area contributed by atoms with Crippen LogP contribution in [-0.4, -0.2) is 20.7 Å². The molecule has 0 spiro atoms. The molecule has 1 aromatic carbocycles. The van der Waals surface area contributed by atoms with Crippen LogP contribution in [0.2, 0.25) is 5.02 Å². The average molecular weight is 381 g/mol. The summed E-state index contributed by atoms with van der Waals surface area (Å²) in [7, 11) is 0. The van der Waals surface area contributed by atoms with Crippen molar-refractivity contribution in [2.24, 2.45) is 0 Å². The fraction of sp³-hybridized carbons (Fsp3) is 0.118. The molecule has 0 radical (unpaired) electrons. The monoisotopic (exact) mass is 380 g/mol. The normalized spacial score (nSPS) is 11.4. The van der Waals surface area contributed by atoms with Crippen LogP contribution in [0, 0.1) is 0 Å². The van der Waals surface area contributed by atoms with Gasteiger partial charge in [-0.1, -0.05) is 29.8 Å². The molecule has 0 aliphatic heterocycles. The third-order valence-corrected chi connectivity index (χ3v) is 3.84. The average Bonchev–Trinajstić information content (AvgIpc) is 3.06. The van der Waals surface area contributed by atoms with Gasteiger partial charge in [-0.3, -0.25) is 9.78 Å². The number of para-hydroxylation sites is 1. The Morgan fingerprint density at radius 2 is 1.88 bits per heavy atom. The van der Waals surface area contributed by atoms with Crippen molar-refractivity contribution in [2.45, 2.75) is 12.7 Å². The van der Waals surface area contributed by atoms with Crippen molar-refractivity contribution in [2.75, 3.05) is 0 Å². The first-order chi connectivity index (χ1) is 12.4. The van der Waals surface area contributed by atoms with E-state index in [-0.39, 0.29) is 17.3 Å². The van der Waals surface area contributed by atoms with Gasteiger partial charge in [0.1, 0.15) is 0 Å². The van der Waals surface area contributed by atoms with Gasteiger partial charge in [-0.2, -0.15) is 18.3 Å². The van der Waals surface area contributed by atoms with E-state index in [0.29, 0.717) is 10.4 Å². The maximum atomic E-state index is 13.6. The zero-order valence-corrected chi connectivity index (χ0v) is 13.9. The predicted molar refractivity (Wildman–Crippen MR) is 89.0 cm³/mol. The standard InChI is InChI=1S/C17H12ClF3N4O/c18-13-6-1-2-7-14(13)25-15(17(19,20)21)12(10-24-25)16(26)23-9-11-5-3-4-8-22-11/h1-8,10H,9H2,(H,23,26). The van der Waals surface area contributed by atoms with Crippen LogP contribution in [0.3, 0.4) is 0 Å². The number of alkyl halides is 3. The first-order valence-electron chi connectivity index (χ1n) is 7.46. The van der Waals surface area contributed by atoms with Crippen LogP contribution in [0.5, 0.6) is 0 Å². The first-order valence-corrected chi connectivity index (χ1v) is 7.84. The van der Waals surface area contributed by atoms with Crippen molar-refractivity contribution < 1.29 is 18.0 Å². The van der Waals surface area contributed by atoms with Crippen LogP contribution in [0.15, 0.2) is 54.9 Å². The summed E-state index contributed by atoms with van der Waals surface area (Å²) in [5.41, 5.74) is -1.23. The third-order valence-electron chi connectivity index (χ3n) is 3.52. The minimum absolute atomic E-state index is 0.00571. The summed E-state index contributed by atoms with van der Waals surface area (Å²) in [4.78, 5) is 16.3. The summed E-state index contributed by atoms with van der Waals surface area (Å²) >= 11 is 5.97. The lowest BCUT2D eigenvalue weighted by molar-refractivity contribution is -0.143. The molecule has 1 amide bonds. The molecule has 2 aromatic heterocycles. The van der Waals surface area contributed by atoms with Crippen LogP contribution < -0.4 is 5.32 Å². The van der Waals surface area contributed by atoms with E-state index >= 15 is 0 Å². The summed E-state index contributed by atoms with van der Waals surface area (Å²) in [6.45, 7) is -0.00571. The second-order valence-corrected chi connectivity index (χ2v) is 5.68. The van der Waals surface area contributed by atoms with E-state index in [0.717, 1.165) is 6.20 Å². The Morgan fingerprint density at radius 1 is 1.15 bits per heavy atom. The van der Waals surface area contributed by atoms with Crippen molar-refractivity contribution >= 4 is 17.5 Å². The highest BCUT2D eigenvalue weighted by Crippen LogP contribution is 2.35. The summed E-state index contributed by atoms with van der Waals surface area (Å²) in [6.07, 6.45) is -2.40. The minimum atomic E-state index is -4.80. The van der Waals surface area contributed by atoms with Crippen molar-refractivity contribution in [3.05, 3.63) is 76.8 Å². The van der Waals surface area contributed by atoms with Crippen molar-refractivity contribution in [1.82, 2.24) is 20.1 Å². The second-order valence-electron chi connectivity index (χ2n) is 5.27. The second kappa shape index (κ2) is 7.17. The molecular weight excluding hydrogens is 369 g/mol. The summed E-state index contributed by atoms with van der Waals surface area (Å²) in [5.74, 6) is -0.902. The number of hydrogen-bond acceptors (Lipinski definition) is 3. The van der Waals surface area contributed by atoms with Crippen LogP contribution >= 0.6 is 11.6 Å². The van der Waals surface area contributed by atoms with Crippen molar-refractivity contribution in [3.63, 3.8) is 0 Å². The Bertz CT molecular complexity index is 925. The molecule has 9 heteroatoms. The lowest BCUT2D eigenvalue weighted by Crippen LogP contribution is -2.26. The van der Waals surface area contributed by atoms with Gasteiger partial charge < -0.3 is 5.32 Å². The van der Waals surface area contributed by atoms with Crippen LogP contribution in [-0.2, 0) is 12.7 Å². The summed E-state index contributed by atoms with van der Waals surface area (Å²) in [6, 6.07) is 11.0. The molecule has 1 N–H and O–H groups in total. The summed E-state index contributed by atoms with van der Waals surface area (Å²) in [5, 5.41) is 6.23. The van der Waals surface area contributed by atoms with E-state index in [2.05, 4.69) is 15.4 Å². The van der Waals surface area contributed by atoms with Gasteiger partial charge in [-0.05, 0) is 24.3 Å². The number of hydrogen-bond donors (Lipinski definition) is 1. The molecule has 2 heterocycles. The fourth-order valence-corrected chi connectivity index (χ4v) is 2.58. The number of halogens is 4. The maximum absolute atomic E-state index is 13.6. The molecule has 5 nitrogen and oxygen atoms in total. The van der Waals surface area contributed by atoms with Crippen LogP contribution in [0.4, 0.5) is 13.2 Å². The Kier molecular flexibility index (Phi) is 4.94. The van der Waals surface area contributed by atoms with Gasteiger partial charge >= 0.3 is 6.18 Å². The molecule has 0 bridgehead atoms. The quantitative estimate of drug-likeness (QED) is 0.747. The topological polar surface area (TPSA) is 59.8 Å². The molecule has 0 aliphatic carbocycles. The molecule has 0 fully saturated rings. The maximum Gasteiger partial charge on any atom is 0.434 e. The zero-order chi connectivity index (χ0) is 18.7. The number of pyridine rings is 1. The number of rotatable bonds is 4. The molecule has 3 aromatic rings. The van der Waals surface area contributed by atoms with Gasteiger partial charge in [-0.15, -0.1) is 0 Å². The number of nitrogens with zero attached hydrogens (tertiary/aromatic N) is 3. The third kappa shape index (κ3) is 3.70. The molecule has 134 valence electrons. The van der Waals surface area contributed by atoms with Crippen molar-refractivity contribution in [3.8, 4) is 5.69 Å². The largest absolute Gasteiger partial charge is 0.434 e. The van der Waals surface area contributed by atoms with E-state index in [1.165, 1.54) is 24.4 Å². The number of amides is 1. The van der Waals surface area contributed by atoms with Gasteiger partial charge in [-0.25, -0.2) is 4.68 Å². The number of aromatic nitrogens is 3. The number of carbonyl (C=O) groups excluding carboxylic acids is 1. The molecular formula is C17H12ClF3N4O. The molecule has 0 unspecified atom stereocenters. The predicted octanol–water partition coefficient (Wildman–Crippen LogP) is 3.87. The molecule has 0 saturated carbocycles. The lowest BCUT2D eigenvalue weighted by atomic mass is 10.2. The van der Waals surface area contributed by atoms with Gasteiger partial charge in [0.25, 0.3) is 5.91 Å². The molecule has 0 saturated heterocycles. The number of benzene rings is 1. The van der Waals surface area contributed by atoms with E-state index in [1.807, 2.05) is 0 Å². The van der Waals surface area contributed by atoms with E-state index < -0.39 is 23.3 Å². The summed E-state index contributed by atoms with van der Waals surface area (Å²) < 4.78 is 41.4. The Labute approximate surface area is 151 Å². The number of nitrogens with one attached hydrogen (secondary N) is 1. The van der Waals surface area contributed by atoms with Crippen molar-refractivity contribution in [1.29, 1.82) is 0 Å². The van der Waals surface area contributed by atoms with E-state index in [1.54, 1.807) is 24.3 Å². The fourth-order valence-electron chi connectivity index (χ4n) is 2.36. The highest BCUT2D eigenvalue weighted by atomic mass is 35.5. The van der Waals surface area contributed by atoms with E-state index in [4.69, 9.17) is 11.6 Å². The SMILES string of the molecule is O=C(NCc1ccccn1)c1cnn(-c2ccccc2Cl)c1C(F)(F)F. The Morgan fingerprint density at radius 3 is 2.54 bits per heavy atom. The van der Waals surface area contributed by atoms with Gasteiger partial charge in [0.15, 0.2) is 5.69 Å². The Balaban J connectivity index is 1.95. The smallest absolute Gasteiger partial charge is 0.346 e. The molecule has 26 heavy (non-hydrogen) atoms. The van der Waals surface area contributed by atoms with Crippen LogP contribution in [0.1, 0.15) is 21.7 Å². The highest BCUT2D eigenvalue weighted by Gasteiger charge is 2.40. The molecule has 0 aliphatic rings. The number of carbonyl (C=O) groups is 1. The minimum Gasteiger partial charge on any atom is -0.346 e. The first kappa shape index (κ1) is 17.9. The van der Waals surface area contributed by atoms with Gasteiger partial charge in [0.05, 0.1) is 34.7 Å². The highest BCUT2D eigenvalue weighted by molar-refractivity contribution is 6.32. The Hall–Kier alpha value is -2.87. The molecule has 3 rings (SSSR count). The van der Waals surface area contributed by atoms with Gasteiger partial charge in [0.2, 0.25) is 0 Å².